The Hall–Kier alpha value is -3.45. The second-order valence-electron chi connectivity index (χ2n) is 6.28. The van der Waals surface area contributed by atoms with E-state index in [4.69, 9.17) is 26.2 Å². The van der Waals surface area contributed by atoms with Gasteiger partial charge in [0.25, 0.3) is 0 Å². The fraction of sp³-hybridized carbons (Fsp3) is 0.182. The van der Waals surface area contributed by atoms with Crippen LogP contribution in [0.25, 0.3) is 0 Å². The minimum atomic E-state index is -1.75. The first-order chi connectivity index (χ1) is 14.2. The van der Waals surface area contributed by atoms with Crippen LogP contribution in [0.5, 0.6) is 0 Å². The van der Waals surface area contributed by atoms with Crippen molar-refractivity contribution in [2.45, 2.75) is 24.3 Å². The maximum Gasteiger partial charge on any atom is 0.344 e. The van der Waals surface area contributed by atoms with E-state index in [0.29, 0.717) is 23.3 Å². The van der Waals surface area contributed by atoms with Crippen molar-refractivity contribution in [3.63, 3.8) is 0 Å². The van der Waals surface area contributed by atoms with Crippen molar-refractivity contribution in [1.82, 2.24) is 0 Å². The van der Waals surface area contributed by atoms with Crippen molar-refractivity contribution < 1.29 is 33.8 Å². The Kier molecular flexibility index (Phi) is 7.89. The molecule has 0 aliphatic heterocycles. The van der Waals surface area contributed by atoms with Gasteiger partial charge in [0.1, 0.15) is 6.10 Å². The van der Waals surface area contributed by atoms with Crippen LogP contribution in [0, 0.1) is 0 Å². The Morgan fingerprint density at radius 2 is 1.47 bits per heavy atom. The molecule has 0 aromatic heterocycles. The van der Waals surface area contributed by atoms with Gasteiger partial charge in [0.05, 0.1) is 6.42 Å². The maximum absolute atomic E-state index is 12.9. The lowest BCUT2D eigenvalue weighted by Crippen LogP contribution is -2.35. The highest BCUT2D eigenvalue weighted by Crippen LogP contribution is 2.38. The molecule has 7 nitrogen and oxygen atoms in total. The molecular weight excluding hydrogens is 412 g/mol. The molecule has 0 heterocycles. The van der Waals surface area contributed by atoms with Crippen molar-refractivity contribution >= 4 is 35.5 Å². The Labute approximate surface area is 177 Å². The van der Waals surface area contributed by atoms with Crippen LogP contribution >= 0.6 is 11.6 Å². The second-order valence-corrected chi connectivity index (χ2v) is 6.84. The fourth-order valence-corrected chi connectivity index (χ4v) is 2.90. The van der Waals surface area contributed by atoms with Gasteiger partial charge in [0.2, 0.25) is 0 Å². The number of alkyl halides is 1. The molecule has 0 spiro atoms. The van der Waals surface area contributed by atoms with Gasteiger partial charge in [-0.2, -0.15) is 0 Å². The van der Waals surface area contributed by atoms with Crippen LogP contribution in [0.2, 0.25) is 0 Å². The van der Waals surface area contributed by atoms with Crippen molar-refractivity contribution in [3.05, 3.63) is 83.9 Å². The predicted octanol–water partition coefficient (Wildman–Crippen LogP) is 3.20. The van der Waals surface area contributed by atoms with Gasteiger partial charge in [0.15, 0.2) is 4.87 Å². The van der Waals surface area contributed by atoms with Crippen molar-refractivity contribution in [3.8, 4) is 0 Å². The zero-order chi connectivity index (χ0) is 22.1. The van der Waals surface area contributed by atoms with E-state index in [-0.39, 0.29) is 0 Å². The van der Waals surface area contributed by atoms with Gasteiger partial charge in [-0.25, -0.2) is 14.4 Å². The Balaban J connectivity index is 2.12. The first-order valence-electron chi connectivity index (χ1n) is 8.90. The van der Waals surface area contributed by atoms with Crippen LogP contribution in [-0.2, 0) is 33.5 Å². The molecule has 156 valence electrons. The Morgan fingerprint density at radius 1 is 0.967 bits per heavy atom. The first kappa shape index (κ1) is 22.8. The summed E-state index contributed by atoms with van der Waals surface area (Å²) in [6, 6.07) is 16.9. The van der Waals surface area contributed by atoms with E-state index in [9.17, 15) is 19.2 Å². The highest BCUT2D eigenvalue weighted by atomic mass is 35.5. The van der Waals surface area contributed by atoms with Gasteiger partial charge in [0, 0.05) is 12.2 Å². The molecule has 1 atom stereocenters. The number of ether oxygens (including phenoxy) is 2. The van der Waals surface area contributed by atoms with E-state index in [0.717, 1.165) is 0 Å². The molecule has 8 heteroatoms. The molecule has 0 radical (unpaired) electrons. The molecule has 2 rings (SSSR count). The Morgan fingerprint density at radius 3 is 1.93 bits per heavy atom. The molecule has 0 amide bonds. The summed E-state index contributed by atoms with van der Waals surface area (Å²) in [6.07, 6.45) is -0.0495. The van der Waals surface area contributed by atoms with Gasteiger partial charge in [-0.15, -0.1) is 0 Å². The number of carbonyl (C=O) groups excluding carboxylic acids is 3. The van der Waals surface area contributed by atoms with Crippen molar-refractivity contribution in [1.29, 1.82) is 0 Å². The lowest BCUT2D eigenvalue weighted by molar-refractivity contribution is -0.163. The van der Waals surface area contributed by atoms with Gasteiger partial charge in [-0.05, 0) is 18.1 Å². The number of hydrogen-bond donors (Lipinski definition) is 1. The molecule has 0 aliphatic rings. The molecule has 0 fully saturated rings. The quantitative estimate of drug-likeness (QED) is 0.296. The molecule has 1 unspecified atom stereocenters. The fourth-order valence-electron chi connectivity index (χ4n) is 2.61. The first-order valence-corrected chi connectivity index (χ1v) is 9.28. The number of benzene rings is 2. The number of esters is 3. The van der Waals surface area contributed by atoms with E-state index in [1.165, 1.54) is 6.92 Å². The molecular formula is C22H19ClO7. The molecule has 0 saturated heterocycles. The lowest BCUT2D eigenvalue weighted by atomic mass is 9.90. The smallest absolute Gasteiger partial charge is 0.344 e. The number of carboxylic acid groups (broad SMARTS) is 1. The maximum atomic E-state index is 12.9. The summed E-state index contributed by atoms with van der Waals surface area (Å²) in [5.41, 5.74) is 0.850. The van der Waals surface area contributed by atoms with E-state index < -0.39 is 41.3 Å². The second kappa shape index (κ2) is 10.4. The van der Waals surface area contributed by atoms with Crippen LogP contribution in [0.15, 0.2) is 72.8 Å². The summed E-state index contributed by atoms with van der Waals surface area (Å²) in [6.45, 7) is 1.40. The highest BCUT2D eigenvalue weighted by molar-refractivity contribution is 6.36. The molecule has 2 aromatic carbocycles. The Bertz CT molecular complexity index is 899. The van der Waals surface area contributed by atoms with Crippen LogP contribution in [0.3, 0.4) is 0 Å². The summed E-state index contributed by atoms with van der Waals surface area (Å²) in [7, 11) is 0. The normalized spacial score (nSPS) is 12.2. The molecule has 30 heavy (non-hydrogen) atoms. The van der Waals surface area contributed by atoms with E-state index >= 15 is 0 Å². The number of rotatable bonds is 8. The standard InChI is InChI=1S/C22H19ClO7/c1-15(29-19(26)13-12-18(24)25)14-20(27)30-21(28)22(23,16-8-4-2-5-9-16)17-10-6-3-7-11-17/h2-13,15H,14H2,1H3,(H,24,25)/b13-12-. The number of halogens is 1. The van der Waals surface area contributed by atoms with Gasteiger partial charge in [-0.3, -0.25) is 4.79 Å². The lowest BCUT2D eigenvalue weighted by Gasteiger charge is -2.25. The number of carbonyl (C=O) groups is 4. The van der Waals surface area contributed by atoms with Gasteiger partial charge >= 0.3 is 23.9 Å². The number of carboxylic acids is 1. The minimum absolute atomic E-state index is 0.422. The third-order valence-corrected chi connectivity index (χ3v) is 4.56. The molecule has 2 aromatic rings. The van der Waals surface area contributed by atoms with Crippen LogP contribution in [-0.4, -0.2) is 35.1 Å². The summed E-state index contributed by atoms with van der Waals surface area (Å²) in [4.78, 5) is 45.2. The highest BCUT2D eigenvalue weighted by Gasteiger charge is 2.43. The molecule has 0 saturated carbocycles. The predicted molar refractivity (Wildman–Crippen MR) is 108 cm³/mol. The molecule has 0 bridgehead atoms. The summed E-state index contributed by atoms with van der Waals surface area (Å²) < 4.78 is 9.84. The zero-order valence-corrected chi connectivity index (χ0v) is 16.7. The minimum Gasteiger partial charge on any atom is -0.478 e. The average molecular weight is 431 g/mol. The third kappa shape index (κ3) is 6.02. The van der Waals surface area contributed by atoms with E-state index in [1.807, 2.05) is 0 Å². The average Bonchev–Trinajstić information content (AvgIpc) is 2.72. The summed E-state index contributed by atoms with van der Waals surface area (Å²) in [5, 5.41) is 8.49. The zero-order valence-electron chi connectivity index (χ0n) is 16.0. The molecule has 1 N–H and O–H groups in total. The monoisotopic (exact) mass is 430 g/mol. The van der Waals surface area contributed by atoms with Crippen LogP contribution in [0.1, 0.15) is 24.5 Å². The van der Waals surface area contributed by atoms with Crippen molar-refractivity contribution in [2.24, 2.45) is 0 Å². The SMILES string of the molecule is CC(CC(=O)OC(=O)C(Cl)(c1ccccc1)c1ccccc1)OC(=O)/C=C\C(=O)O. The van der Waals surface area contributed by atoms with Crippen molar-refractivity contribution in [2.75, 3.05) is 0 Å². The van der Waals surface area contributed by atoms with Crippen LogP contribution < -0.4 is 0 Å². The summed E-state index contributed by atoms with van der Waals surface area (Å²) in [5.74, 6) is -4.19. The summed E-state index contributed by atoms with van der Waals surface area (Å²) >= 11 is 6.70. The largest absolute Gasteiger partial charge is 0.478 e. The van der Waals surface area contributed by atoms with Gasteiger partial charge in [-0.1, -0.05) is 72.3 Å². The third-order valence-electron chi connectivity index (χ3n) is 3.96. The topological polar surface area (TPSA) is 107 Å². The molecule has 0 aliphatic carbocycles. The van der Waals surface area contributed by atoms with E-state index in [2.05, 4.69) is 0 Å². The number of aliphatic carboxylic acids is 1. The van der Waals surface area contributed by atoms with E-state index in [1.54, 1.807) is 60.7 Å². The van der Waals surface area contributed by atoms with Gasteiger partial charge < -0.3 is 14.6 Å². The number of hydrogen-bond acceptors (Lipinski definition) is 6. The van der Waals surface area contributed by atoms with Crippen LogP contribution in [0.4, 0.5) is 0 Å².